The van der Waals surface area contributed by atoms with Gasteiger partial charge in [-0.2, -0.15) is 0 Å². The van der Waals surface area contributed by atoms with Crippen molar-refractivity contribution >= 4 is 0 Å². The fourth-order valence-electron chi connectivity index (χ4n) is 2.40. The Morgan fingerprint density at radius 1 is 1.27 bits per heavy atom. The second-order valence-corrected chi connectivity index (χ2v) is 4.62. The lowest BCUT2D eigenvalue weighted by molar-refractivity contribution is 0.0261. The number of rotatable bonds is 5. The maximum Gasteiger partial charge on any atom is 0.0699 e. The zero-order valence-electron chi connectivity index (χ0n) is 9.54. The minimum absolute atomic E-state index is 0.461. The predicted octanol–water partition coefficient (Wildman–Crippen LogP) is 1.71. The first kappa shape index (κ1) is 11.4. The van der Waals surface area contributed by atoms with E-state index in [1.54, 1.807) is 0 Å². The molecule has 2 saturated heterocycles. The summed E-state index contributed by atoms with van der Waals surface area (Å²) in [6.07, 6.45) is 8.31. The molecule has 0 saturated carbocycles. The molecule has 1 N–H and O–H groups in total. The maximum atomic E-state index is 5.82. The lowest BCUT2D eigenvalue weighted by Crippen LogP contribution is -2.35. The van der Waals surface area contributed by atoms with Gasteiger partial charge in [-0.15, -0.1) is 0 Å². The number of nitrogens with one attached hydrogen (secondary N) is 1. The average Bonchev–Trinajstić information content (AvgIpc) is 2.79. The van der Waals surface area contributed by atoms with Crippen LogP contribution >= 0.6 is 0 Å². The van der Waals surface area contributed by atoms with E-state index in [0.717, 1.165) is 32.7 Å². The topological polar surface area (TPSA) is 30.5 Å². The SMILES string of the molecule is C1COC(CCCOC2CCCNC2)C1. The van der Waals surface area contributed by atoms with Gasteiger partial charge in [0.25, 0.3) is 0 Å². The van der Waals surface area contributed by atoms with Gasteiger partial charge in [-0.05, 0) is 45.1 Å². The van der Waals surface area contributed by atoms with Crippen LogP contribution in [0.3, 0.4) is 0 Å². The molecule has 2 aliphatic rings. The Hall–Kier alpha value is -0.120. The molecule has 2 unspecified atom stereocenters. The van der Waals surface area contributed by atoms with E-state index in [1.807, 2.05) is 0 Å². The van der Waals surface area contributed by atoms with Crippen LogP contribution in [0.4, 0.5) is 0 Å². The van der Waals surface area contributed by atoms with Crippen LogP contribution in [-0.2, 0) is 9.47 Å². The van der Waals surface area contributed by atoms with Crippen molar-refractivity contribution in [1.82, 2.24) is 5.32 Å². The van der Waals surface area contributed by atoms with Gasteiger partial charge in [0.2, 0.25) is 0 Å². The molecule has 15 heavy (non-hydrogen) atoms. The van der Waals surface area contributed by atoms with Crippen molar-refractivity contribution in [3.63, 3.8) is 0 Å². The lowest BCUT2D eigenvalue weighted by Gasteiger charge is -2.23. The summed E-state index contributed by atoms with van der Waals surface area (Å²) in [5.41, 5.74) is 0. The third-order valence-corrected chi connectivity index (χ3v) is 3.30. The Morgan fingerprint density at radius 3 is 3.00 bits per heavy atom. The third-order valence-electron chi connectivity index (χ3n) is 3.30. The molecule has 0 radical (unpaired) electrons. The van der Waals surface area contributed by atoms with E-state index in [4.69, 9.17) is 9.47 Å². The Balaban J connectivity index is 1.47. The van der Waals surface area contributed by atoms with E-state index in [2.05, 4.69) is 5.32 Å². The average molecular weight is 213 g/mol. The normalized spacial score (nSPS) is 32.0. The van der Waals surface area contributed by atoms with Gasteiger partial charge in [-0.1, -0.05) is 0 Å². The zero-order valence-corrected chi connectivity index (χ0v) is 9.54. The van der Waals surface area contributed by atoms with Crippen LogP contribution in [-0.4, -0.2) is 38.5 Å². The highest BCUT2D eigenvalue weighted by molar-refractivity contribution is 4.69. The predicted molar refractivity (Wildman–Crippen MR) is 60.1 cm³/mol. The number of piperidine rings is 1. The Kier molecular flexibility index (Phi) is 4.90. The summed E-state index contributed by atoms with van der Waals surface area (Å²) in [5, 5.41) is 3.37. The Morgan fingerprint density at radius 2 is 2.27 bits per heavy atom. The van der Waals surface area contributed by atoms with Gasteiger partial charge in [0.05, 0.1) is 12.2 Å². The molecule has 0 aromatic rings. The largest absolute Gasteiger partial charge is 0.378 e. The maximum absolute atomic E-state index is 5.82. The molecule has 0 aromatic heterocycles. The molecule has 2 heterocycles. The minimum atomic E-state index is 0.461. The summed E-state index contributed by atoms with van der Waals surface area (Å²) < 4.78 is 11.4. The van der Waals surface area contributed by atoms with Crippen LogP contribution in [0.15, 0.2) is 0 Å². The van der Waals surface area contributed by atoms with Gasteiger partial charge in [0.15, 0.2) is 0 Å². The van der Waals surface area contributed by atoms with E-state index in [1.165, 1.54) is 32.1 Å². The third kappa shape index (κ3) is 4.09. The van der Waals surface area contributed by atoms with Crippen molar-refractivity contribution in [2.45, 2.75) is 50.7 Å². The zero-order chi connectivity index (χ0) is 10.3. The molecule has 2 aliphatic heterocycles. The van der Waals surface area contributed by atoms with Gasteiger partial charge in [-0.25, -0.2) is 0 Å². The smallest absolute Gasteiger partial charge is 0.0699 e. The van der Waals surface area contributed by atoms with Gasteiger partial charge < -0.3 is 14.8 Å². The molecule has 0 spiro atoms. The molecule has 0 bridgehead atoms. The van der Waals surface area contributed by atoms with E-state index in [9.17, 15) is 0 Å². The second kappa shape index (κ2) is 6.46. The van der Waals surface area contributed by atoms with E-state index in [0.29, 0.717) is 12.2 Å². The fraction of sp³-hybridized carbons (Fsp3) is 1.00. The highest BCUT2D eigenvalue weighted by Gasteiger charge is 2.16. The van der Waals surface area contributed by atoms with Crippen LogP contribution in [0.5, 0.6) is 0 Å². The quantitative estimate of drug-likeness (QED) is 0.705. The standard InChI is InChI=1S/C12H23NO2/c1-4-12(10-13-7-1)15-9-3-6-11-5-2-8-14-11/h11-13H,1-10H2. The summed E-state index contributed by atoms with van der Waals surface area (Å²) in [4.78, 5) is 0. The van der Waals surface area contributed by atoms with Crippen LogP contribution in [0.25, 0.3) is 0 Å². The molecule has 0 aromatic carbocycles. The summed E-state index contributed by atoms with van der Waals surface area (Å²) in [6, 6.07) is 0. The van der Waals surface area contributed by atoms with Crippen molar-refractivity contribution in [1.29, 1.82) is 0 Å². The molecule has 3 nitrogen and oxygen atoms in total. The van der Waals surface area contributed by atoms with Gasteiger partial charge >= 0.3 is 0 Å². The molecule has 3 heteroatoms. The van der Waals surface area contributed by atoms with Crippen molar-refractivity contribution in [3.8, 4) is 0 Å². The summed E-state index contributed by atoms with van der Waals surface area (Å²) in [5.74, 6) is 0. The van der Waals surface area contributed by atoms with Crippen molar-refractivity contribution in [2.24, 2.45) is 0 Å². The highest BCUT2D eigenvalue weighted by Crippen LogP contribution is 2.17. The lowest BCUT2D eigenvalue weighted by atomic mass is 10.1. The van der Waals surface area contributed by atoms with Crippen LogP contribution in [0, 0.1) is 0 Å². The molecule has 2 fully saturated rings. The molecule has 2 rings (SSSR count). The van der Waals surface area contributed by atoms with Crippen molar-refractivity contribution in [3.05, 3.63) is 0 Å². The number of ether oxygens (including phenoxy) is 2. The molecule has 0 aliphatic carbocycles. The first-order valence-corrected chi connectivity index (χ1v) is 6.39. The van der Waals surface area contributed by atoms with E-state index >= 15 is 0 Å². The molecule has 0 amide bonds. The monoisotopic (exact) mass is 213 g/mol. The second-order valence-electron chi connectivity index (χ2n) is 4.62. The Labute approximate surface area is 92.5 Å². The van der Waals surface area contributed by atoms with Gasteiger partial charge in [0, 0.05) is 19.8 Å². The Bertz CT molecular complexity index is 163. The van der Waals surface area contributed by atoms with Crippen LogP contribution in [0.2, 0.25) is 0 Å². The van der Waals surface area contributed by atoms with Crippen molar-refractivity contribution in [2.75, 3.05) is 26.3 Å². The number of hydrogen-bond acceptors (Lipinski definition) is 3. The minimum Gasteiger partial charge on any atom is -0.378 e. The fourth-order valence-corrected chi connectivity index (χ4v) is 2.40. The molecular weight excluding hydrogens is 190 g/mol. The highest BCUT2D eigenvalue weighted by atomic mass is 16.5. The first-order chi connectivity index (χ1) is 7.45. The summed E-state index contributed by atoms with van der Waals surface area (Å²) >= 11 is 0. The molecule has 88 valence electrons. The van der Waals surface area contributed by atoms with Gasteiger partial charge in [-0.3, -0.25) is 0 Å². The number of hydrogen-bond donors (Lipinski definition) is 1. The van der Waals surface area contributed by atoms with Crippen LogP contribution < -0.4 is 5.32 Å². The van der Waals surface area contributed by atoms with E-state index < -0.39 is 0 Å². The summed E-state index contributed by atoms with van der Waals surface area (Å²) in [6.45, 7) is 4.08. The summed E-state index contributed by atoms with van der Waals surface area (Å²) in [7, 11) is 0. The molecular formula is C12H23NO2. The van der Waals surface area contributed by atoms with Crippen molar-refractivity contribution < 1.29 is 9.47 Å². The van der Waals surface area contributed by atoms with Crippen LogP contribution in [0.1, 0.15) is 38.5 Å². The van der Waals surface area contributed by atoms with Gasteiger partial charge in [0.1, 0.15) is 0 Å². The molecule has 2 atom stereocenters. The first-order valence-electron chi connectivity index (χ1n) is 6.39. The van der Waals surface area contributed by atoms with E-state index in [-0.39, 0.29) is 0 Å².